The maximum atomic E-state index is 10.8. The number of amides is 1. The Hall–Kier alpha value is -1.32. The highest BCUT2D eigenvalue weighted by atomic mass is 16.1. The molecule has 2 fully saturated rings. The molecule has 0 spiro atoms. The number of hydrogen-bond donors (Lipinski definition) is 2. The molecule has 0 saturated carbocycles. The van der Waals surface area contributed by atoms with Crippen LogP contribution in [0.5, 0.6) is 0 Å². The van der Waals surface area contributed by atoms with Crippen molar-refractivity contribution in [1.82, 2.24) is 10.2 Å². The predicted molar refractivity (Wildman–Crippen MR) is 54.2 cm³/mol. The molecule has 2 rings (SSSR count). The largest absolute Gasteiger partial charge is 0.394 e. The van der Waals surface area contributed by atoms with Crippen LogP contribution in [0.4, 0.5) is 0 Å². The van der Waals surface area contributed by atoms with Crippen molar-refractivity contribution in [1.29, 1.82) is 5.41 Å². The van der Waals surface area contributed by atoms with Gasteiger partial charge in [0.2, 0.25) is 6.41 Å². The van der Waals surface area contributed by atoms with E-state index in [1.165, 1.54) is 0 Å². The van der Waals surface area contributed by atoms with Crippen LogP contribution in [0.25, 0.3) is 0 Å². The summed E-state index contributed by atoms with van der Waals surface area (Å²) in [4.78, 5) is 12.6. The quantitative estimate of drug-likeness (QED) is 0.627. The first-order chi connectivity index (χ1) is 6.77. The van der Waals surface area contributed by atoms with E-state index in [0.29, 0.717) is 11.8 Å². The minimum Gasteiger partial charge on any atom is -0.394 e. The smallest absolute Gasteiger partial charge is 0.210 e. The first-order valence-corrected chi connectivity index (χ1v) is 4.95. The van der Waals surface area contributed by atoms with Crippen molar-refractivity contribution < 1.29 is 4.79 Å². The zero-order valence-corrected chi connectivity index (χ0v) is 8.29. The van der Waals surface area contributed by atoms with E-state index in [4.69, 9.17) is 5.41 Å². The first-order valence-electron chi connectivity index (χ1n) is 4.95. The van der Waals surface area contributed by atoms with Crippen LogP contribution >= 0.6 is 0 Å². The van der Waals surface area contributed by atoms with Gasteiger partial charge in [-0.05, 0) is 24.8 Å². The predicted octanol–water partition coefficient (Wildman–Crippen LogP) is 0.503. The molecule has 2 heterocycles. The van der Waals surface area contributed by atoms with Gasteiger partial charge in [-0.25, -0.2) is 0 Å². The normalized spacial score (nSPS) is 33.6. The van der Waals surface area contributed by atoms with Crippen molar-refractivity contribution in [2.24, 2.45) is 0 Å². The van der Waals surface area contributed by atoms with Crippen LogP contribution in [-0.2, 0) is 4.79 Å². The summed E-state index contributed by atoms with van der Waals surface area (Å²) in [6.07, 6.45) is 5.59. The van der Waals surface area contributed by atoms with Crippen molar-refractivity contribution in [2.75, 3.05) is 7.05 Å². The third-order valence-corrected chi connectivity index (χ3v) is 3.13. The fraction of sp³-hybridized carbons (Fsp3) is 0.600. The van der Waals surface area contributed by atoms with E-state index in [-0.39, 0.29) is 6.04 Å². The van der Waals surface area contributed by atoms with Crippen LogP contribution in [0.2, 0.25) is 0 Å². The van der Waals surface area contributed by atoms with E-state index < -0.39 is 0 Å². The lowest BCUT2D eigenvalue weighted by Gasteiger charge is -2.33. The Kier molecular flexibility index (Phi) is 2.27. The molecule has 2 aliphatic rings. The highest BCUT2D eigenvalue weighted by Gasteiger charge is 2.41. The van der Waals surface area contributed by atoms with Crippen LogP contribution in [-0.4, -0.2) is 36.2 Å². The lowest BCUT2D eigenvalue weighted by molar-refractivity contribution is -0.119. The summed E-state index contributed by atoms with van der Waals surface area (Å²) in [6, 6.07) is 0.358. The molecule has 4 heteroatoms. The Balaban J connectivity index is 2.25. The number of carbonyl (C=O) groups is 1. The van der Waals surface area contributed by atoms with Gasteiger partial charge in [0.15, 0.2) is 0 Å². The number of carbonyl (C=O) groups excluding carboxylic acids is 1. The second kappa shape index (κ2) is 3.44. The summed E-state index contributed by atoms with van der Waals surface area (Å²) in [5, 5.41) is 10.9. The van der Waals surface area contributed by atoms with Gasteiger partial charge in [-0.3, -0.25) is 4.79 Å². The standard InChI is InChI=1S/C10H15N3O/c1-12-5-7-4-8-2-3-9(10(7)11)13(8)6-14/h5-6,8-9,11-12H,2-4H2,1H3/b7-5-,11-10?. The van der Waals surface area contributed by atoms with Crippen LogP contribution < -0.4 is 5.32 Å². The molecule has 2 saturated heterocycles. The van der Waals surface area contributed by atoms with Gasteiger partial charge in [-0.1, -0.05) is 0 Å². The molecular formula is C10H15N3O. The van der Waals surface area contributed by atoms with Gasteiger partial charge < -0.3 is 15.6 Å². The van der Waals surface area contributed by atoms with Crippen molar-refractivity contribution in [2.45, 2.75) is 31.3 Å². The van der Waals surface area contributed by atoms with Crippen LogP contribution in [0.15, 0.2) is 11.8 Å². The Morgan fingerprint density at radius 1 is 1.57 bits per heavy atom. The van der Waals surface area contributed by atoms with Gasteiger partial charge in [-0.2, -0.15) is 0 Å². The number of nitrogens with one attached hydrogen (secondary N) is 2. The molecule has 14 heavy (non-hydrogen) atoms. The van der Waals surface area contributed by atoms with Crippen LogP contribution in [0.3, 0.4) is 0 Å². The number of rotatable bonds is 2. The Bertz CT molecular complexity index is 298. The third kappa shape index (κ3) is 1.22. The molecule has 0 aliphatic carbocycles. The second-order valence-corrected chi connectivity index (χ2v) is 3.88. The van der Waals surface area contributed by atoms with E-state index in [2.05, 4.69) is 5.32 Å². The summed E-state index contributed by atoms with van der Waals surface area (Å²) >= 11 is 0. The lowest BCUT2D eigenvalue weighted by Crippen LogP contribution is -2.45. The van der Waals surface area contributed by atoms with Gasteiger partial charge in [0, 0.05) is 19.3 Å². The molecule has 1 amide bonds. The molecule has 2 atom stereocenters. The minimum absolute atomic E-state index is 0.0332. The minimum atomic E-state index is 0.0332. The third-order valence-electron chi connectivity index (χ3n) is 3.13. The topological polar surface area (TPSA) is 56.2 Å². The fourth-order valence-electron chi connectivity index (χ4n) is 2.45. The van der Waals surface area contributed by atoms with Crippen molar-refractivity contribution in [3.63, 3.8) is 0 Å². The average Bonchev–Trinajstić information content (AvgIpc) is 2.51. The summed E-state index contributed by atoms with van der Waals surface area (Å²) in [5.74, 6) is 0. The number of piperidine rings is 1. The number of fused-ring (bicyclic) bond motifs is 2. The zero-order chi connectivity index (χ0) is 10.1. The van der Waals surface area contributed by atoms with E-state index in [1.807, 2.05) is 13.2 Å². The molecule has 0 aromatic rings. The van der Waals surface area contributed by atoms with Crippen molar-refractivity contribution >= 4 is 12.1 Å². The van der Waals surface area contributed by atoms with E-state index in [9.17, 15) is 4.79 Å². The van der Waals surface area contributed by atoms with Gasteiger partial charge >= 0.3 is 0 Å². The molecule has 4 nitrogen and oxygen atoms in total. The van der Waals surface area contributed by atoms with Crippen molar-refractivity contribution in [3.05, 3.63) is 11.8 Å². The zero-order valence-electron chi connectivity index (χ0n) is 8.29. The maximum absolute atomic E-state index is 10.8. The number of hydrogen-bond acceptors (Lipinski definition) is 3. The first kappa shape index (κ1) is 9.24. The summed E-state index contributed by atoms with van der Waals surface area (Å²) < 4.78 is 0. The molecule has 2 aliphatic heterocycles. The van der Waals surface area contributed by atoms with Gasteiger partial charge in [0.1, 0.15) is 0 Å². The molecule has 2 N–H and O–H groups in total. The Morgan fingerprint density at radius 2 is 2.36 bits per heavy atom. The summed E-state index contributed by atoms with van der Waals surface area (Å²) in [5.41, 5.74) is 1.67. The Morgan fingerprint density at radius 3 is 3.00 bits per heavy atom. The lowest BCUT2D eigenvalue weighted by atomic mass is 9.96. The fourth-order valence-corrected chi connectivity index (χ4v) is 2.45. The van der Waals surface area contributed by atoms with E-state index >= 15 is 0 Å². The number of nitrogens with zero attached hydrogens (tertiary/aromatic N) is 1. The molecular weight excluding hydrogens is 178 g/mol. The Labute approximate surface area is 83.5 Å². The van der Waals surface area contributed by atoms with Crippen LogP contribution in [0, 0.1) is 5.41 Å². The van der Waals surface area contributed by atoms with Gasteiger partial charge in [0.05, 0.1) is 11.8 Å². The second-order valence-electron chi connectivity index (χ2n) is 3.88. The van der Waals surface area contributed by atoms with E-state index in [0.717, 1.165) is 31.2 Å². The highest BCUT2D eigenvalue weighted by Crippen LogP contribution is 2.34. The summed E-state index contributed by atoms with van der Waals surface area (Å²) in [7, 11) is 1.84. The van der Waals surface area contributed by atoms with Gasteiger partial charge in [-0.15, -0.1) is 0 Å². The van der Waals surface area contributed by atoms with E-state index in [1.54, 1.807) is 4.90 Å². The molecule has 2 bridgehead atoms. The molecule has 2 unspecified atom stereocenters. The monoisotopic (exact) mass is 193 g/mol. The van der Waals surface area contributed by atoms with Crippen molar-refractivity contribution in [3.8, 4) is 0 Å². The van der Waals surface area contributed by atoms with Gasteiger partial charge in [0.25, 0.3) is 0 Å². The average molecular weight is 193 g/mol. The molecule has 0 radical (unpaired) electrons. The summed E-state index contributed by atoms with van der Waals surface area (Å²) in [6.45, 7) is 0. The highest BCUT2D eigenvalue weighted by molar-refractivity contribution is 6.04. The molecule has 0 aromatic heterocycles. The van der Waals surface area contributed by atoms with Crippen LogP contribution in [0.1, 0.15) is 19.3 Å². The molecule has 0 aromatic carbocycles. The SMILES string of the molecule is CN/C=C1/CC2CCC(C1=N)N2C=O. The maximum Gasteiger partial charge on any atom is 0.210 e. The molecule has 76 valence electrons.